The molecular formula is C10H4F4O. The minimum atomic E-state index is -1.93. The van der Waals surface area contributed by atoms with Crippen LogP contribution in [0.5, 0.6) is 5.75 Å². The van der Waals surface area contributed by atoms with Crippen molar-refractivity contribution in [2.75, 3.05) is 0 Å². The summed E-state index contributed by atoms with van der Waals surface area (Å²) in [6.07, 6.45) is 0. The number of hydrogen-bond acceptors (Lipinski definition) is 1. The van der Waals surface area contributed by atoms with Crippen LogP contribution in [0.4, 0.5) is 17.6 Å². The molecule has 15 heavy (non-hydrogen) atoms. The second-order valence-corrected chi connectivity index (χ2v) is 2.96. The molecule has 2 aromatic rings. The third kappa shape index (κ3) is 1.23. The molecule has 2 rings (SSSR count). The average molecular weight is 216 g/mol. The summed E-state index contributed by atoms with van der Waals surface area (Å²) >= 11 is 0. The Morgan fingerprint density at radius 3 is 2.07 bits per heavy atom. The second kappa shape index (κ2) is 3.12. The molecule has 0 fully saturated rings. The zero-order valence-electron chi connectivity index (χ0n) is 7.19. The van der Waals surface area contributed by atoms with Crippen LogP contribution in [0.1, 0.15) is 0 Å². The molecule has 0 aliphatic carbocycles. The summed E-state index contributed by atoms with van der Waals surface area (Å²) in [4.78, 5) is 0. The molecule has 0 aliphatic rings. The summed E-state index contributed by atoms with van der Waals surface area (Å²) in [6, 6.07) is 3.32. The van der Waals surface area contributed by atoms with E-state index in [1.165, 1.54) is 6.07 Å². The van der Waals surface area contributed by atoms with Crippen molar-refractivity contribution in [3.63, 3.8) is 0 Å². The van der Waals surface area contributed by atoms with Crippen molar-refractivity contribution >= 4 is 10.8 Å². The van der Waals surface area contributed by atoms with Gasteiger partial charge < -0.3 is 5.11 Å². The van der Waals surface area contributed by atoms with Crippen molar-refractivity contribution in [1.82, 2.24) is 0 Å². The number of phenols is 1. The Bertz CT molecular complexity index is 551. The summed E-state index contributed by atoms with van der Waals surface area (Å²) in [5.41, 5.74) is 0. The van der Waals surface area contributed by atoms with Crippen molar-refractivity contribution < 1.29 is 22.7 Å². The van der Waals surface area contributed by atoms with E-state index in [2.05, 4.69) is 0 Å². The van der Waals surface area contributed by atoms with Crippen molar-refractivity contribution in [2.24, 2.45) is 0 Å². The molecule has 0 amide bonds. The van der Waals surface area contributed by atoms with Crippen LogP contribution >= 0.6 is 0 Å². The molecule has 0 atom stereocenters. The largest absolute Gasteiger partial charge is 0.507 e. The van der Waals surface area contributed by atoms with Crippen LogP contribution < -0.4 is 0 Å². The van der Waals surface area contributed by atoms with Crippen LogP contribution in [0.2, 0.25) is 0 Å². The standard InChI is InChI=1S/C10H4F4O/c11-7-4-2-1-3-5(15)6(4)8(12)10(14)9(7)13/h1-3,15H. The Kier molecular flexibility index (Phi) is 2.03. The van der Waals surface area contributed by atoms with E-state index in [0.29, 0.717) is 0 Å². The molecule has 0 aromatic heterocycles. The maximum Gasteiger partial charge on any atom is 0.198 e. The van der Waals surface area contributed by atoms with Crippen LogP contribution in [-0.4, -0.2) is 5.11 Å². The molecule has 0 radical (unpaired) electrons. The molecule has 0 unspecified atom stereocenters. The first kappa shape index (κ1) is 9.76. The summed E-state index contributed by atoms with van der Waals surface area (Å²) in [6.45, 7) is 0. The highest BCUT2D eigenvalue weighted by Gasteiger charge is 2.21. The minimum absolute atomic E-state index is 0.494. The lowest BCUT2D eigenvalue weighted by atomic mass is 10.1. The van der Waals surface area contributed by atoms with E-state index >= 15 is 0 Å². The molecule has 0 saturated carbocycles. The van der Waals surface area contributed by atoms with Gasteiger partial charge in [0.2, 0.25) is 0 Å². The van der Waals surface area contributed by atoms with Gasteiger partial charge in [0, 0.05) is 5.39 Å². The number of hydrogen-bond donors (Lipinski definition) is 1. The number of benzene rings is 2. The molecule has 0 heterocycles. The monoisotopic (exact) mass is 216 g/mol. The van der Waals surface area contributed by atoms with E-state index in [1.54, 1.807) is 0 Å². The first-order valence-electron chi connectivity index (χ1n) is 3.97. The molecule has 0 saturated heterocycles. The van der Waals surface area contributed by atoms with Gasteiger partial charge in [-0.2, -0.15) is 0 Å². The zero-order chi connectivity index (χ0) is 11.2. The van der Waals surface area contributed by atoms with Crippen molar-refractivity contribution in [2.45, 2.75) is 0 Å². The Morgan fingerprint density at radius 2 is 1.40 bits per heavy atom. The van der Waals surface area contributed by atoms with Crippen LogP contribution in [0, 0.1) is 23.3 Å². The van der Waals surface area contributed by atoms with Crippen LogP contribution in [0.15, 0.2) is 18.2 Å². The quantitative estimate of drug-likeness (QED) is 0.407. The fraction of sp³-hybridized carbons (Fsp3) is 0. The van der Waals surface area contributed by atoms with Crippen molar-refractivity contribution in [3.05, 3.63) is 41.5 Å². The first-order chi connectivity index (χ1) is 7.04. The van der Waals surface area contributed by atoms with E-state index in [1.807, 2.05) is 0 Å². The van der Waals surface area contributed by atoms with E-state index in [0.717, 1.165) is 12.1 Å². The lowest BCUT2D eigenvalue weighted by molar-refractivity contribution is 0.414. The van der Waals surface area contributed by atoms with Gasteiger partial charge in [0.25, 0.3) is 0 Å². The normalized spacial score (nSPS) is 10.9. The molecule has 1 N–H and O–H groups in total. The fourth-order valence-electron chi connectivity index (χ4n) is 1.37. The first-order valence-corrected chi connectivity index (χ1v) is 3.97. The highest BCUT2D eigenvalue weighted by molar-refractivity contribution is 5.89. The average Bonchev–Trinajstić information content (AvgIpc) is 2.23. The van der Waals surface area contributed by atoms with Crippen molar-refractivity contribution in [1.29, 1.82) is 0 Å². The Morgan fingerprint density at radius 1 is 0.800 bits per heavy atom. The second-order valence-electron chi connectivity index (χ2n) is 2.96. The Labute approximate surface area is 81.6 Å². The highest BCUT2D eigenvalue weighted by atomic mass is 19.2. The van der Waals surface area contributed by atoms with Crippen LogP contribution in [-0.2, 0) is 0 Å². The van der Waals surface area contributed by atoms with Gasteiger partial charge in [0.15, 0.2) is 23.3 Å². The highest BCUT2D eigenvalue weighted by Crippen LogP contribution is 2.32. The summed E-state index contributed by atoms with van der Waals surface area (Å²) < 4.78 is 51.9. The molecule has 5 heteroatoms. The lowest BCUT2D eigenvalue weighted by Crippen LogP contribution is -1.97. The number of halogens is 4. The van der Waals surface area contributed by atoms with Gasteiger partial charge >= 0.3 is 0 Å². The lowest BCUT2D eigenvalue weighted by Gasteiger charge is -2.05. The SMILES string of the molecule is Oc1cccc2c(F)c(F)c(F)c(F)c12. The Hall–Kier alpha value is -1.78. The third-order valence-electron chi connectivity index (χ3n) is 2.08. The van der Waals surface area contributed by atoms with Gasteiger partial charge in [0.05, 0.1) is 5.39 Å². The van der Waals surface area contributed by atoms with Gasteiger partial charge in [-0.05, 0) is 6.07 Å². The maximum absolute atomic E-state index is 13.2. The Balaban J connectivity index is 3.08. The van der Waals surface area contributed by atoms with Gasteiger partial charge in [-0.15, -0.1) is 0 Å². The molecule has 0 aliphatic heterocycles. The van der Waals surface area contributed by atoms with Gasteiger partial charge in [0.1, 0.15) is 5.75 Å². The predicted molar refractivity (Wildman–Crippen MR) is 45.4 cm³/mol. The van der Waals surface area contributed by atoms with Gasteiger partial charge in [-0.25, -0.2) is 17.6 Å². The fourth-order valence-corrected chi connectivity index (χ4v) is 1.37. The van der Waals surface area contributed by atoms with E-state index in [4.69, 9.17) is 0 Å². The zero-order valence-corrected chi connectivity index (χ0v) is 7.19. The maximum atomic E-state index is 13.2. The number of fused-ring (bicyclic) bond motifs is 1. The molecule has 0 spiro atoms. The van der Waals surface area contributed by atoms with Gasteiger partial charge in [-0.3, -0.25) is 0 Å². The number of aromatic hydroxyl groups is 1. The minimum Gasteiger partial charge on any atom is -0.507 e. The van der Waals surface area contributed by atoms with E-state index in [-0.39, 0.29) is 0 Å². The molecule has 1 nitrogen and oxygen atoms in total. The smallest absolute Gasteiger partial charge is 0.198 e. The predicted octanol–water partition coefficient (Wildman–Crippen LogP) is 3.10. The summed E-state index contributed by atoms with van der Waals surface area (Å²) in [5.74, 6) is -7.56. The summed E-state index contributed by atoms with van der Waals surface area (Å²) in [5, 5.41) is 8.04. The van der Waals surface area contributed by atoms with Crippen LogP contribution in [0.25, 0.3) is 10.8 Å². The molecule has 2 aromatic carbocycles. The van der Waals surface area contributed by atoms with E-state index in [9.17, 15) is 22.7 Å². The van der Waals surface area contributed by atoms with E-state index < -0.39 is 39.8 Å². The number of phenolic OH excluding ortho intramolecular Hbond substituents is 1. The topological polar surface area (TPSA) is 20.2 Å². The third-order valence-corrected chi connectivity index (χ3v) is 2.08. The molecule has 0 bridgehead atoms. The van der Waals surface area contributed by atoms with Gasteiger partial charge in [-0.1, -0.05) is 12.1 Å². The number of rotatable bonds is 0. The molecular weight excluding hydrogens is 212 g/mol. The van der Waals surface area contributed by atoms with Crippen molar-refractivity contribution in [3.8, 4) is 5.75 Å². The van der Waals surface area contributed by atoms with Crippen LogP contribution in [0.3, 0.4) is 0 Å². The summed E-state index contributed by atoms with van der Waals surface area (Å²) in [7, 11) is 0. The molecule has 78 valence electrons.